The van der Waals surface area contributed by atoms with Crippen molar-refractivity contribution in [2.75, 3.05) is 0 Å². The van der Waals surface area contributed by atoms with Gasteiger partial charge in [-0.2, -0.15) is 0 Å². The fraction of sp³-hybridized carbons (Fsp3) is 0. The highest BCUT2D eigenvalue weighted by Gasteiger charge is 2.07. The molecular formula is C15H10O2. The first-order valence-electron chi connectivity index (χ1n) is 5.12. The first-order valence-corrected chi connectivity index (χ1v) is 5.12. The maximum absolute atomic E-state index is 10.5. The van der Waals surface area contributed by atoms with E-state index in [2.05, 4.69) is 30.2 Å². The Balaban J connectivity index is 0.000000148. The van der Waals surface area contributed by atoms with Crippen LogP contribution in [-0.4, -0.2) is 11.1 Å². The number of terminal acetylenes is 1. The van der Waals surface area contributed by atoms with E-state index in [1.807, 2.05) is 0 Å². The molecular weight excluding hydrogens is 212 g/mol. The van der Waals surface area contributed by atoms with Crippen molar-refractivity contribution >= 4 is 5.97 Å². The zero-order chi connectivity index (χ0) is 12.3. The SMILES string of the molecule is C#Cc1ccccc1C(=O)O.c1cc2cc-2c1. The summed E-state index contributed by atoms with van der Waals surface area (Å²) in [7, 11) is 0. The summed E-state index contributed by atoms with van der Waals surface area (Å²) in [5.41, 5.74) is 3.44. The monoisotopic (exact) mass is 222 g/mol. The Kier molecular flexibility index (Phi) is 2.93. The highest BCUT2D eigenvalue weighted by molar-refractivity contribution is 5.90. The van der Waals surface area contributed by atoms with Crippen LogP contribution in [0.1, 0.15) is 15.9 Å². The Hall–Kier alpha value is -2.53. The number of hydrogen-bond donors (Lipinski definition) is 1. The number of aromatic carboxylic acids is 1. The predicted molar refractivity (Wildman–Crippen MR) is 66.8 cm³/mol. The molecule has 0 unspecified atom stereocenters. The second-order valence-electron chi connectivity index (χ2n) is 3.58. The number of carboxylic acids is 1. The van der Waals surface area contributed by atoms with Gasteiger partial charge in [0, 0.05) is 5.56 Å². The molecule has 0 aliphatic heterocycles. The summed E-state index contributed by atoms with van der Waals surface area (Å²) in [5, 5.41) is 8.60. The summed E-state index contributed by atoms with van der Waals surface area (Å²) < 4.78 is 0. The van der Waals surface area contributed by atoms with Gasteiger partial charge in [0.1, 0.15) is 0 Å². The minimum Gasteiger partial charge on any atom is -0.478 e. The molecule has 0 aromatic heterocycles. The topological polar surface area (TPSA) is 37.3 Å². The molecule has 0 fully saturated rings. The number of hydrogen-bond acceptors (Lipinski definition) is 1. The molecule has 0 amide bonds. The smallest absolute Gasteiger partial charge is 0.336 e. The van der Waals surface area contributed by atoms with Gasteiger partial charge < -0.3 is 5.11 Å². The zero-order valence-corrected chi connectivity index (χ0v) is 9.05. The lowest BCUT2D eigenvalue weighted by Crippen LogP contribution is -1.98. The van der Waals surface area contributed by atoms with Crippen molar-refractivity contribution in [1.82, 2.24) is 0 Å². The molecule has 1 aromatic carbocycles. The van der Waals surface area contributed by atoms with E-state index in [-0.39, 0.29) is 5.56 Å². The Labute approximate surface area is 99.5 Å². The van der Waals surface area contributed by atoms with Gasteiger partial charge in [-0.15, -0.1) is 6.42 Å². The maximum atomic E-state index is 10.5. The van der Waals surface area contributed by atoms with Crippen LogP contribution in [0.5, 0.6) is 0 Å². The number of carbonyl (C=O) groups is 1. The van der Waals surface area contributed by atoms with E-state index in [1.165, 1.54) is 17.2 Å². The Morgan fingerprint density at radius 2 is 1.71 bits per heavy atom. The van der Waals surface area contributed by atoms with Crippen molar-refractivity contribution in [3.63, 3.8) is 0 Å². The molecule has 1 aromatic rings. The average molecular weight is 222 g/mol. The van der Waals surface area contributed by atoms with E-state index in [0.717, 1.165) is 0 Å². The van der Waals surface area contributed by atoms with Crippen LogP contribution in [0.15, 0.2) is 48.5 Å². The van der Waals surface area contributed by atoms with E-state index >= 15 is 0 Å². The molecule has 0 bridgehead atoms. The molecule has 0 spiro atoms. The average Bonchev–Trinajstić information content (AvgIpc) is 2.96. The van der Waals surface area contributed by atoms with Crippen LogP contribution < -0.4 is 0 Å². The van der Waals surface area contributed by atoms with Gasteiger partial charge in [0.25, 0.3) is 0 Å². The van der Waals surface area contributed by atoms with Crippen molar-refractivity contribution < 1.29 is 9.90 Å². The maximum Gasteiger partial charge on any atom is 0.336 e. The quantitative estimate of drug-likeness (QED) is 0.642. The van der Waals surface area contributed by atoms with E-state index in [0.29, 0.717) is 5.56 Å². The summed E-state index contributed by atoms with van der Waals surface area (Å²) >= 11 is 0. The van der Waals surface area contributed by atoms with Crippen LogP contribution in [0.3, 0.4) is 0 Å². The molecule has 2 nitrogen and oxygen atoms in total. The molecule has 0 saturated carbocycles. The van der Waals surface area contributed by atoms with Gasteiger partial charge in [-0.3, -0.25) is 0 Å². The normalized spacial score (nSPS) is 9.59. The van der Waals surface area contributed by atoms with Crippen molar-refractivity contribution in [2.24, 2.45) is 0 Å². The van der Waals surface area contributed by atoms with Crippen molar-refractivity contribution in [3.8, 4) is 23.5 Å². The molecule has 2 aliphatic carbocycles. The van der Waals surface area contributed by atoms with Gasteiger partial charge in [-0.05, 0) is 29.3 Å². The Bertz CT molecular complexity index is 589. The molecule has 82 valence electrons. The van der Waals surface area contributed by atoms with Crippen LogP contribution in [0.4, 0.5) is 0 Å². The van der Waals surface area contributed by atoms with E-state index in [4.69, 9.17) is 11.5 Å². The summed E-state index contributed by atoms with van der Waals surface area (Å²) in [6.07, 6.45) is 5.08. The predicted octanol–water partition coefficient (Wildman–Crippen LogP) is 3.03. The van der Waals surface area contributed by atoms with Crippen molar-refractivity contribution in [1.29, 1.82) is 0 Å². The summed E-state index contributed by atoms with van der Waals surface area (Å²) in [5.74, 6) is 1.31. The van der Waals surface area contributed by atoms with Crippen LogP contribution in [0, 0.1) is 12.3 Å². The van der Waals surface area contributed by atoms with E-state index in [1.54, 1.807) is 18.2 Å². The number of rotatable bonds is 1. The summed E-state index contributed by atoms with van der Waals surface area (Å²) in [6.45, 7) is 0. The molecule has 2 heteroatoms. The largest absolute Gasteiger partial charge is 0.478 e. The van der Waals surface area contributed by atoms with E-state index in [9.17, 15) is 4.79 Å². The highest BCUT2D eigenvalue weighted by atomic mass is 16.4. The van der Waals surface area contributed by atoms with Crippen LogP contribution in [-0.2, 0) is 0 Å². The lowest BCUT2D eigenvalue weighted by molar-refractivity contribution is 0.0696. The lowest BCUT2D eigenvalue weighted by atomic mass is 10.1. The fourth-order valence-corrected chi connectivity index (χ4v) is 1.47. The lowest BCUT2D eigenvalue weighted by Gasteiger charge is -1.95. The van der Waals surface area contributed by atoms with Crippen molar-refractivity contribution in [2.45, 2.75) is 0 Å². The van der Waals surface area contributed by atoms with Gasteiger partial charge >= 0.3 is 5.97 Å². The third-order valence-electron chi connectivity index (χ3n) is 2.43. The fourth-order valence-electron chi connectivity index (χ4n) is 1.47. The van der Waals surface area contributed by atoms with Gasteiger partial charge in [-0.1, -0.05) is 36.3 Å². The van der Waals surface area contributed by atoms with Gasteiger partial charge in [0.2, 0.25) is 0 Å². The standard InChI is InChI=1S/C9H6O2.C6H4/c1-2-7-5-3-4-6-8(7)9(10)11;1-2-5-4-6(5)3-1/h1,3-6H,(H,10,11);1-4H. The second-order valence-corrected chi connectivity index (χ2v) is 3.58. The van der Waals surface area contributed by atoms with Gasteiger partial charge in [0.15, 0.2) is 0 Å². The molecule has 0 heterocycles. The highest BCUT2D eigenvalue weighted by Crippen LogP contribution is 2.32. The van der Waals surface area contributed by atoms with Crippen LogP contribution in [0.2, 0.25) is 0 Å². The number of fused-ring (bicyclic) bond motifs is 1. The first-order chi connectivity index (χ1) is 8.22. The third kappa shape index (κ3) is 2.53. The summed E-state index contributed by atoms with van der Waals surface area (Å²) in [4.78, 5) is 10.5. The molecule has 3 rings (SSSR count). The molecule has 17 heavy (non-hydrogen) atoms. The van der Waals surface area contributed by atoms with Gasteiger partial charge in [0.05, 0.1) is 5.56 Å². The third-order valence-corrected chi connectivity index (χ3v) is 2.43. The van der Waals surface area contributed by atoms with Crippen LogP contribution in [0.25, 0.3) is 11.1 Å². The second kappa shape index (κ2) is 4.54. The molecule has 0 atom stereocenters. The number of benzene rings is 2. The Morgan fingerprint density at radius 3 is 2.06 bits per heavy atom. The van der Waals surface area contributed by atoms with Crippen LogP contribution >= 0.6 is 0 Å². The summed E-state index contributed by atoms with van der Waals surface area (Å²) in [6, 6.07) is 14.9. The molecule has 0 saturated heterocycles. The minimum absolute atomic E-state index is 0.176. The zero-order valence-electron chi connectivity index (χ0n) is 9.05. The number of carboxylic acid groups (broad SMARTS) is 1. The Morgan fingerprint density at radius 1 is 1.06 bits per heavy atom. The van der Waals surface area contributed by atoms with Gasteiger partial charge in [-0.25, -0.2) is 4.79 Å². The van der Waals surface area contributed by atoms with E-state index < -0.39 is 5.97 Å². The minimum atomic E-state index is -0.987. The molecule has 0 radical (unpaired) electrons. The first kappa shape index (κ1) is 11.0. The van der Waals surface area contributed by atoms with Crippen molar-refractivity contribution in [3.05, 3.63) is 59.7 Å². The molecule has 2 aliphatic rings. The molecule has 1 N–H and O–H groups in total.